The second-order valence-corrected chi connectivity index (χ2v) is 5.56. The van der Waals surface area contributed by atoms with E-state index in [0.717, 1.165) is 4.90 Å². The summed E-state index contributed by atoms with van der Waals surface area (Å²) in [5.74, 6) is 0.0930. The fourth-order valence-electron chi connectivity index (χ4n) is 0.969. The highest BCUT2D eigenvalue weighted by molar-refractivity contribution is 7.99. The number of hydrogen-bond donors (Lipinski definition) is 1. The summed E-state index contributed by atoms with van der Waals surface area (Å²) in [4.78, 5) is 0.935. The van der Waals surface area contributed by atoms with E-state index in [1.54, 1.807) is 13.0 Å². The van der Waals surface area contributed by atoms with Gasteiger partial charge in [0.2, 0.25) is 10.0 Å². The summed E-state index contributed by atoms with van der Waals surface area (Å²) in [6.45, 7) is 1.62. The van der Waals surface area contributed by atoms with Crippen molar-refractivity contribution in [2.75, 3.05) is 16.7 Å². The molecule has 3 nitrogen and oxygen atoms in total. The summed E-state index contributed by atoms with van der Waals surface area (Å²) in [7, 11) is -3.17. The van der Waals surface area contributed by atoms with E-state index in [4.69, 9.17) is 0 Å². The van der Waals surface area contributed by atoms with Gasteiger partial charge in [-0.3, -0.25) is 4.72 Å². The predicted octanol–water partition coefficient (Wildman–Crippen LogP) is 2.17. The van der Waals surface area contributed by atoms with Crippen molar-refractivity contribution in [2.24, 2.45) is 0 Å². The molecule has 14 heavy (non-hydrogen) atoms. The van der Waals surface area contributed by atoms with Crippen LogP contribution in [0.25, 0.3) is 0 Å². The Bertz CT molecular complexity index is 401. The molecule has 0 fully saturated rings. The summed E-state index contributed by atoms with van der Waals surface area (Å²) < 4.78 is 25.2. The Kier molecular flexibility index (Phi) is 3.83. The van der Waals surface area contributed by atoms with Crippen LogP contribution >= 0.6 is 11.8 Å². The highest BCUT2D eigenvalue weighted by atomic mass is 32.2. The van der Waals surface area contributed by atoms with E-state index >= 15 is 0 Å². The fraction of sp³-hybridized carbons (Fsp3) is 0.333. The van der Waals surface area contributed by atoms with Gasteiger partial charge in [-0.2, -0.15) is 0 Å². The lowest BCUT2D eigenvalue weighted by molar-refractivity contribution is 0.602. The van der Waals surface area contributed by atoms with Crippen LogP contribution in [0.4, 0.5) is 5.69 Å². The van der Waals surface area contributed by atoms with E-state index in [2.05, 4.69) is 4.72 Å². The lowest BCUT2D eigenvalue weighted by Gasteiger charge is -2.09. The Morgan fingerprint density at radius 2 is 2.00 bits per heavy atom. The van der Waals surface area contributed by atoms with Crippen LogP contribution in [0.5, 0.6) is 0 Å². The minimum absolute atomic E-state index is 0.0930. The van der Waals surface area contributed by atoms with E-state index in [0.29, 0.717) is 5.69 Å². The number of sulfonamides is 1. The van der Waals surface area contributed by atoms with Gasteiger partial charge in [-0.15, -0.1) is 11.8 Å². The molecular weight excluding hydrogens is 218 g/mol. The molecule has 0 amide bonds. The number of benzene rings is 1. The first-order chi connectivity index (χ1) is 6.59. The summed E-state index contributed by atoms with van der Waals surface area (Å²) in [5.41, 5.74) is 0.654. The van der Waals surface area contributed by atoms with Crippen LogP contribution in [-0.2, 0) is 10.0 Å². The smallest absolute Gasteiger partial charge is 0.232 e. The zero-order chi connectivity index (χ0) is 10.6. The Morgan fingerprint density at radius 1 is 1.36 bits per heavy atom. The van der Waals surface area contributed by atoms with E-state index in [1.807, 2.05) is 24.5 Å². The zero-order valence-electron chi connectivity index (χ0n) is 8.15. The van der Waals surface area contributed by atoms with Crippen LogP contribution in [0.1, 0.15) is 6.92 Å². The molecule has 0 spiro atoms. The van der Waals surface area contributed by atoms with Crippen molar-refractivity contribution in [3.8, 4) is 0 Å². The first-order valence-electron chi connectivity index (χ1n) is 4.22. The molecule has 78 valence electrons. The molecule has 0 aliphatic heterocycles. The third-order valence-corrected chi connectivity index (χ3v) is 3.84. The molecule has 0 bridgehead atoms. The standard InChI is InChI=1S/C9H13NO2S2/c1-3-14(11,12)10-8-6-4-5-7-9(8)13-2/h4-7,10H,3H2,1-2H3. The van der Waals surface area contributed by atoms with E-state index in [1.165, 1.54) is 11.8 Å². The Hall–Kier alpha value is -0.680. The van der Waals surface area contributed by atoms with Gasteiger partial charge in [-0.1, -0.05) is 12.1 Å². The lowest BCUT2D eigenvalue weighted by atomic mass is 10.3. The molecule has 0 saturated heterocycles. The van der Waals surface area contributed by atoms with Gasteiger partial charge in [-0.25, -0.2) is 8.42 Å². The van der Waals surface area contributed by atoms with Crippen molar-refractivity contribution < 1.29 is 8.42 Å². The Balaban J connectivity index is 2.97. The van der Waals surface area contributed by atoms with Crippen LogP contribution in [0.3, 0.4) is 0 Å². The highest BCUT2D eigenvalue weighted by Crippen LogP contribution is 2.25. The molecule has 1 N–H and O–H groups in total. The SMILES string of the molecule is CCS(=O)(=O)Nc1ccccc1SC. The van der Waals surface area contributed by atoms with Gasteiger partial charge in [0.1, 0.15) is 0 Å². The molecule has 0 atom stereocenters. The van der Waals surface area contributed by atoms with Gasteiger partial charge in [-0.05, 0) is 25.3 Å². The molecule has 0 radical (unpaired) electrons. The normalized spacial score (nSPS) is 11.3. The molecule has 1 rings (SSSR count). The summed E-state index contributed by atoms with van der Waals surface area (Å²) in [6, 6.07) is 7.35. The monoisotopic (exact) mass is 231 g/mol. The molecule has 0 aromatic heterocycles. The van der Waals surface area contributed by atoms with Crippen LogP contribution in [-0.4, -0.2) is 20.4 Å². The predicted molar refractivity (Wildman–Crippen MR) is 61.3 cm³/mol. The molecule has 0 heterocycles. The number of anilines is 1. The van der Waals surface area contributed by atoms with Crippen molar-refractivity contribution in [1.29, 1.82) is 0 Å². The maximum absolute atomic E-state index is 11.3. The lowest BCUT2D eigenvalue weighted by Crippen LogP contribution is -2.14. The second-order valence-electron chi connectivity index (χ2n) is 2.71. The summed E-state index contributed by atoms with van der Waals surface area (Å²) in [5, 5.41) is 0. The molecule has 5 heteroatoms. The van der Waals surface area contributed by atoms with E-state index in [-0.39, 0.29) is 5.75 Å². The highest BCUT2D eigenvalue weighted by Gasteiger charge is 2.08. The molecule has 0 saturated carbocycles. The zero-order valence-corrected chi connectivity index (χ0v) is 9.78. The van der Waals surface area contributed by atoms with Gasteiger partial charge in [0, 0.05) is 4.90 Å². The third-order valence-electron chi connectivity index (χ3n) is 1.75. The van der Waals surface area contributed by atoms with Crippen LogP contribution in [0, 0.1) is 0 Å². The topological polar surface area (TPSA) is 46.2 Å². The average Bonchev–Trinajstić information content (AvgIpc) is 2.18. The third kappa shape index (κ3) is 2.92. The minimum atomic E-state index is -3.17. The maximum atomic E-state index is 11.3. The quantitative estimate of drug-likeness (QED) is 0.808. The van der Waals surface area contributed by atoms with Crippen molar-refractivity contribution in [3.63, 3.8) is 0 Å². The van der Waals surface area contributed by atoms with Crippen molar-refractivity contribution in [1.82, 2.24) is 0 Å². The summed E-state index contributed by atoms with van der Waals surface area (Å²) >= 11 is 1.52. The van der Waals surface area contributed by atoms with Gasteiger partial charge < -0.3 is 0 Å². The average molecular weight is 231 g/mol. The van der Waals surface area contributed by atoms with Crippen molar-refractivity contribution >= 4 is 27.5 Å². The van der Waals surface area contributed by atoms with Gasteiger partial charge >= 0.3 is 0 Å². The molecular formula is C9H13NO2S2. The second kappa shape index (κ2) is 4.70. The van der Waals surface area contributed by atoms with Crippen molar-refractivity contribution in [3.05, 3.63) is 24.3 Å². The largest absolute Gasteiger partial charge is 0.282 e. The van der Waals surface area contributed by atoms with Gasteiger partial charge in [0.25, 0.3) is 0 Å². The number of para-hydroxylation sites is 1. The molecule has 0 unspecified atom stereocenters. The van der Waals surface area contributed by atoms with Gasteiger partial charge in [0.15, 0.2) is 0 Å². The van der Waals surface area contributed by atoms with Crippen LogP contribution in [0.2, 0.25) is 0 Å². The Morgan fingerprint density at radius 3 is 2.57 bits per heavy atom. The molecule has 1 aromatic rings. The molecule has 0 aliphatic rings. The minimum Gasteiger partial charge on any atom is -0.282 e. The van der Waals surface area contributed by atoms with Gasteiger partial charge in [0.05, 0.1) is 11.4 Å². The molecule has 0 aliphatic carbocycles. The number of thioether (sulfide) groups is 1. The first-order valence-corrected chi connectivity index (χ1v) is 7.10. The number of rotatable bonds is 4. The Labute approximate surface area is 89.0 Å². The van der Waals surface area contributed by atoms with E-state index in [9.17, 15) is 8.42 Å². The van der Waals surface area contributed by atoms with Crippen LogP contribution < -0.4 is 4.72 Å². The molecule has 1 aromatic carbocycles. The first kappa shape index (κ1) is 11.4. The number of nitrogens with one attached hydrogen (secondary N) is 1. The maximum Gasteiger partial charge on any atom is 0.232 e. The fourth-order valence-corrected chi connectivity index (χ4v) is 2.24. The number of hydrogen-bond acceptors (Lipinski definition) is 3. The van der Waals surface area contributed by atoms with Crippen LogP contribution in [0.15, 0.2) is 29.2 Å². The van der Waals surface area contributed by atoms with E-state index < -0.39 is 10.0 Å². The summed E-state index contributed by atoms with van der Waals surface area (Å²) in [6.07, 6.45) is 1.92. The van der Waals surface area contributed by atoms with Crippen molar-refractivity contribution in [2.45, 2.75) is 11.8 Å².